The van der Waals surface area contributed by atoms with Crippen LogP contribution in [0.1, 0.15) is 20.8 Å². The van der Waals surface area contributed by atoms with E-state index in [2.05, 4.69) is 0 Å². The Labute approximate surface area is 72.2 Å². The van der Waals surface area contributed by atoms with E-state index in [9.17, 15) is 10.1 Å². The molecule has 0 bridgehead atoms. The molecule has 3 heteroatoms. The lowest BCUT2D eigenvalue weighted by Crippen LogP contribution is -1.98. The molecule has 0 saturated heterocycles. The van der Waals surface area contributed by atoms with Crippen LogP contribution in [-0.4, -0.2) is 4.92 Å². The molecule has 12 heavy (non-hydrogen) atoms. The molecule has 66 valence electrons. The fourth-order valence-electron chi connectivity index (χ4n) is 0.803. The van der Waals surface area contributed by atoms with E-state index >= 15 is 0 Å². The van der Waals surface area contributed by atoms with Crippen LogP contribution in [0.3, 0.4) is 0 Å². The van der Waals surface area contributed by atoms with Crippen molar-refractivity contribution in [1.82, 2.24) is 0 Å². The molecule has 0 radical (unpaired) electrons. The van der Waals surface area contributed by atoms with E-state index in [1.165, 1.54) is 6.08 Å². The van der Waals surface area contributed by atoms with Gasteiger partial charge in [0, 0.05) is 5.57 Å². The Kier molecular flexibility index (Phi) is 4.69. The van der Waals surface area contributed by atoms with E-state index in [1.807, 2.05) is 13.0 Å². The number of nitrogens with zero attached hydrogens (tertiary/aromatic N) is 1. The van der Waals surface area contributed by atoms with Crippen LogP contribution in [0.15, 0.2) is 35.6 Å². The maximum absolute atomic E-state index is 10.4. The molecular formula is C9H13NO2. The zero-order valence-corrected chi connectivity index (χ0v) is 7.57. The summed E-state index contributed by atoms with van der Waals surface area (Å²) in [5, 5.41) is 10.4. The van der Waals surface area contributed by atoms with E-state index in [-0.39, 0.29) is 10.6 Å². The van der Waals surface area contributed by atoms with Gasteiger partial charge in [-0.25, -0.2) is 0 Å². The van der Waals surface area contributed by atoms with Crippen molar-refractivity contribution in [2.24, 2.45) is 0 Å². The second-order valence-electron chi connectivity index (χ2n) is 2.31. The van der Waals surface area contributed by atoms with E-state index in [4.69, 9.17) is 0 Å². The Morgan fingerprint density at radius 2 is 2.00 bits per heavy atom. The molecule has 0 aliphatic heterocycles. The van der Waals surface area contributed by atoms with Gasteiger partial charge in [0.25, 0.3) is 5.70 Å². The number of hydrogen-bond donors (Lipinski definition) is 0. The number of rotatable bonds is 3. The summed E-state index contributed by atoms with van der Waals surface area (Å²) in [5.41, 5.74) is 0.828. The standard InChI is InChI=1S/C9H13NO2/c1-4-6-7-8(3)9(5-2)10(11)12/h4-7H,1-3H3/b6-4-,8-7-,9-5+. The molecular weight excluding hydrogens is 154 g/mol. The Balaban J connectivity index is 4.66. The first-order valence-electron chi connectivity index (χ1n) is 3.74. The quantitative estimate of drug-likeness (QED) is 0.368. The molecule has 0 aliphatic carbocycles. The summed E-state index contributed by atoms with van der Waals surface area (Å²) in [6.07, 6.45) is 6.83. The van der Waals surface area contributed by atoms with E-state index in [0.717, 1.165) is 0 Å². The number of nitro groups is 1. The van der Waals surface area contributed by atoms with Gasteiger partial charge < -0.3 is 0 Å². The average molecular weight is 167 g/mol. The van der Waals surface area contributed by atoms with Crippen LogP contribution in [0.25, 0.3) is 0 Å². The minimum absolute atomic E-state index is 0.160. The van der Waals surface area contributed by atoms with Gasteiger partial charge in [-0.3, -0.25) is 10.1 Å². The SMILES string of the molecule is C\C=C/C=C(C)\C(=C/C)[N+](=O)[O-]. The van der Waals surface area contributed by atoms with Crippen molar-refractivity contribution in [3.63, 3.8) is 0 Å². The van der Waals surface area contributed by atoms with Gasteiger partial charge in [-0.2, -0.15) is 0 Å². The number of allylic oxidation sites excluding steroid dienone is 5. The maximum atomic E-state index is 10.4. The summed E-state index contributed by atoms with van der Waals surface area (Å²) in [4.78, 5) is 10.0. The molecule has 0 fully saturated rings. The van der Waals surface area contributed by atoms with Gasteiger partial charge >= 0.3 is 0 Å². The Bertz CT molecular complexity index is 249. The van der Waals surface area contributed by atoms with Crippen molar-refractivity contribution in [2.45, 2.75) is 20.8 Å². The highest BCUT2D eigenvalue weighted by molar-refractivity contribution is 5.26. The maximum Gasteiger partial charge on any atom is 0.268 e. The molecule has 0 rings (SSSR count). The zero-order valence-electron chi connectivity index (χ0n) is 7.57. The van der Waals surface area contributed by atoms with E-state index < -0.39 is 0 Å². The van der Waals surface area contributed by atoms with E-state index in [0.29, 0.717) is 5.57 Å². The molecule has 0 aromatic rings. The first-order chi connectivity index (χ1) is 5.63. The first-order valence-corrected chi connectivity index (χ1v) is 3.74. The van der Waals surface area contributed by atoms with Crippen LogP contribution >= 0.6 is 0 Å². The Morgan fingerprint density at radius 3 is 2.33 bits per heavy atom. The third kappa shape index (κ3) is 3.14. The summed E-state index contributed by atoms with van der Waals surface area (Å²) in [6, 6.07) is 0. The molecule has 0 unspecified atom stereocenters. The second-order valence-corrected chi connectivity index (χ2v) is 2.31. The molecule has 0 N–H and O–H groups in total. The molecule has 0 spiro atoms. The van der Waals surface area contributed by atoms with Crippen molar-refractivity contribution in [1.29, 1.82) is 0 Å². The lowest BCUT2D eigenvalue weighted by molar-refractivity contribution is -0.420. The van der Waals surface area contributed by atoms with Crippen LogP contribution in [0, 0.1) is 10.1 Å². The number of hydrogen-bond acceptors (Lipinski definition) is 2. The monoisotopic (exact) mass is 167 g/mol. The van der Waals surface area contributed by atoms with Crippen molar-refractivity contribution in [2.75, 3.05) is 0 Å². The molecule has 0 amide bonds. The van der Waals surface area contributed by atoms with Gasteiger partial charge in [-0.05, 0) is 26.8 Å². The van der Waals surface area contributed by atoms with Gasteiger partial charge in [0.15, 0.2) is 0 Å². The van der Waals surface area contributed by atoms with Gasteiger partial charge in [-0.1, -0.05) is 18.2 Å². The highest BCUT2D eigenvalue weighted by atomic mass is 16.6. The minimum atomic E-state index is -0.380. The molecule has 0 heterocycles. The molecule has 0 aliphatic rings. The van der Waals surface area contributed by atoms with Crippen LogP contribution in [-0.2, 0) is 0 Å². The van der Waals surface area contributed by atoms with Crippen LogP contribution in [0.2, 0.25) is 0 Å². The van der Waals surface area contributed by atoms with Gasteiger partial charge in [0.1, 0.15) is 0 Å². The summed E-state index contributed by atoms with van der Waals surface area (Å²) >= 11 is 0. The molecule has 3 nitrogen and oxygen atoms in total. The average Bonchev–Trinajstić information content (AvgIpc) is 2.01. The first kappa shape index (κ1) is 10.6. The van der Waals surface area contributed by atoms with E-state index in [1.54, 1.807) is 26.0 Å². The smallest absolute Gasteiger partial charge is 0.258 e. The highest BCUT2D eigenvalue weighted by Gasteiger charge is 2.09. The minimum Gasteiger partial charge on any atom is -0.258 e. The van der Waals surface area contributed by atoms with Crippen LogP contribution in [0.5, 0.6) is 0 Å². The third-order valence-corrected chi connectivity index (χ3v) is 1.41. The predicted octanol–water partition coefficient (Wildman–Crippen LogP) is 2.69. The topological polar surface area (TPSA) is 43.1 Å². The lowest BCUT2D eigenvalue weighted by atomic mass is 10.2. The summed E-state index contributed by atoms with van der Waals surface area (Å²) in [7, 11) is 0. The summed E-state index contributed by atoms with van der Waals surface area (Å²) in [5.74, 6) is 0. The lowest BCUT2D eigenvalue weighted by Gasteiger charge is -1.94. The van der Waals surface area contributed by atoms with Crippen molar-refractivity contribution in [3.8, 4) is 0 Å². The molecule has 0 aromatic carbocycles. The van der Waals surface area contributed by atoms with Gasteiger partial charge in [0.05, 0.1) is 4.92 Å². The normalized spacial score (nSPS) is 13.9. The predicted molar refractivity (Wildman–Crippen MR) is 49.3 cm³/mol. The largest absolute Gasteiger partial charge is 0.268 e. The fraction of sp³-hybridized carbons (Fsp3) is 0.333. The Morgan fingerprint density at radius 1 is 1.42 bits per heavy atom. The van der Waals surface area contributed by atoms with Crippen molar-refractivity contribution >= 4 is 0 Å². The van der Waals surface area contributed by atoms with Crippen LogP contribution < -0.4 is 0 Å². The second kappa shape index (κ2) is 5.29. The van der Waals surface area contributed by atoms with Crippen molar-refractivity contribution < 1.29 is 4.92 Å². The van der Waals surface area contributed by atoms with Gasteiger partial charge in [0.2, 0.25) is 0 Å². The summed E-state index contributed by atoms with van der Waals surface area (Å²) in [6.45, 7) is 5.24. The summed E-state index contributed by atoms with van der Waals surface area (Å²) < 4.78 is 0. The Hall–Kier alpha value is -1.38. The molecule has 0 atom stereocenters. The van der Waals surface area contributed by atoms with Gasteiger partial charge in [-0.15, -0.1) is 0 Å². The van der Waals surface area contributed by atoms with Crippen LogP contribution in [0.4, 0.5) is 0 Å². The third-order valence-electron chi connectivity index (χ3n) is 1.41. The highest BCUT2D eigenvalue weighted by Crippen LogP contribution is 2.09. The zero-order chi connectivity index (χ0) is 9.56. The fourth-order valence-corrected chi connectivity index (χ4v) is 0.803. The molecule has 0 saturated carbocycles. The molecule has 0 aromatic heterocycles. The van der Waals surface area contributed by atoms with Crippen molar-refractivity contribution in [3.05, 3.63) is 45.7 Å².